The molecule has 4 heteroatoms. The molecule has 0 saturated carbocycles. The van der Waals surface area contributed by atoms with E-state index in [-0.39, 0.29) is 11.3 Å². The molecule has 0 spiro atoms. The van der Waals surface area contributed by atoms with Crippen molar-refractivity contribution in [2.45, 2.75) is 41.0 Å². The Balaban J connectivity index is 2.56. The highest BCUT2D eigenvalue weighted by molar-refractivity contribution is 5.94. The average Bonchev–Trinajstić information content (AvgIpc) is 2.43. The fourth-order valence-corrected chi connectivity index (χ4v) is 1.50. The van der Waals surface area contributed by atoms with Crippen LogP contribution in [0.3, 0.4) is 0 Å². The van der Waals surface area contributed by atoms with Crippen LogP contribution in [-0.2, 0) is 0 Å². The van der Waals surface area contributed by atoms with Gasteiger partial charge in [-0.2, -0.15) is 0 Å². The maximum Gasteiger partial charge on any atom is 0.252 e. The SMILES string of the molecule is CCCNc1ccc(C(=O)NCC(C)(C)C(C)C)cn1. The van der Waals surface area contributed by atoms with Gasteiger partial charge in [0, 0.05) is 19.3 Å². The number of hydrogen-bond acceptors (Lipinski definition) is 3. The van der Waals surface area contributed by atoms with Crippen LogP contribution < -0.4 is 10.6 Å². The smallest absolute Gasteiger partial charge is 0.252 e. The van der Waals surface area contributed by atoms with Gasteiger partial charge >= 0.3 is 0 Å². The Hall–Kier alpha value is -1.58. The van der Waals surface area contributed by atoms with Gasteiger partial charge in [0.05, 0.1) is 5.56 Å². The summed E-state index contributed by atoms with van der Waals surface area (Å²) < 4.78 is 0. The van der Waals surface area contributed by atoms with Crippen LogP contribution in [0.2, 0.25) is 0 Å². The summed E-state index contributed by atoms with van der Waals surface area (Å²) in [4.78, 5) is 16.3. The van der Waals surface area contributed by atoms with Crippen molar-refractivity contribution >= 4 is 11.7 Å². The number of hydrogen-bond donors (Lipinski definition) is 2. The van der Waals surface area contributed by atoms with Gasteiger partial charge in [0.2, 0.25) is 0 Å². The van der Waals surface area contributed by atoms with E-state index in [1.54, 1.807) is 6.20 Å². The summed E-state index contributed by atoms with van der Waals surface area (Å²) in [6.07, 6.45) is 2.67. The largest absolute Gasteiger partial charge is 0.370 e. The molecule has 0 unspecified atom stereocenters. The number of pyridine rings is 1. The third-order valence-corrected chi connectivity index (χ3v) is 3.85. The molecule has 0 aliphatic rings. The second kappa shape index (κ2) is 7.27. The average molecular weight is 277 g/mol. The Labute approximate surface area is 122 Å². The molecule has 1 aromatic rings. The molecule has 20 heavy (non-hydrogen) atoms. The van der Waals surface area contributed by atoms with Crippen LogP contribution in [0.15, 0.2) is 18.3 Å². The van der Waals surface area contributed by atoms with Crippen molar-refractivity contribution in [1.29, 1.82) is 0 Å². The van der Waals surface area contributed by atoms with Gasteiger partial charge in [-0.05, 0) is 29.9 Å². The minimum atomic E-state index is -0.0618. The second-order valence-electron chi connectivity index (χ2n) is 6.18. The Morgan fingerprint density at radius 3 is 2.55 bits per heavy atom. The monoisotopic (exact) mass is 277 g/mol. The number of anilines is 1. The Bertz CT molecular complexity index is 424. The quantitative estimate of drug-likeness (QED) is 0.804. The van der Waals surface area contributed by atoms with E-state index in [2.05, 4.69) is 50.2 Å². The summed E-state index contributed by atoms with van der Waals surface area (Å²) in [5.74, 6) is 1.26. The van der Waals surface area contributed by atoms with E-state index < -0.39 is 0 Å². The molecular weight excluding hydrogens is 250 g/mol. The van der Waals surface area contributed by atoms with Crippen molar-refractivity contribution in [2.24, 2.45) is 11.3 Å². The normalized spacial score (nSPS) is 11.5. The number of amides is 1. The molecule has 0 atom stereocenters. The lowest BCUT2D eigenvalue weighted by Crippen LogP contribution is -2.37. The zero-order valence-corrected chi connectivity index (χ0v) is 13.3. The minimum Gasteiger partial charge on any atom is -0.370 e. The topological polar surface area (TPSA) is 54.0 Å². The van der Waals surface area contributed by atoms with Gasteiger partial charge in [0.25, 0.3) is 5.91 Å². The van der Waals surface area contributed by atoms with Crippen molar-refractivity contribution < 1.29 is 4.79 Å². The van der Waals surface area contributed by atoms with Crippen molar-refractivity contribution in [1.82, 2.24) is 10.3 Å². The number of carbonyl (C=O) groups is 1. The molecule has 1 rings (SSSR count). The zero-order valence-electron chi connectivity index (χ0n) is 13.3. The molecule has 0 aliphatic heterocycles. The summed E-state index contributed by atoms with van der Waals surface area (Å²) in [6.45, 7) is 12.3. The van der Waals surface area contributed by atoms with Crippen molar-refractivity contribution in [3.05, 3.63) is 23.9 Å². The molecule has 2 N–H and O–H groups in total. The first-order chi connectivity index (χ1) is 9.36. The van der Waals surface area contributed by atoms with Gasteiger partial charge in [-0.3, -0.25) is 4.79 Å². The molecule has 0 fully saturated rings. The van der Waals surface area contributed by atoms with Gasteiger partial charge in [-0.25, -0.2) is 4.98 Å². The predicted octanol–water partition coefficient (Wildman–Crippen LogP) is 3.32. The molecule has 0 saturated heterocycles. The van der Waals surface area contributed by atoms with Crippen LogP contribution in [0.5, 0.6) is 0 Å². The summed E-state index contributed by atoms with van der Waals surface area (Å²) in [5, 5.41) is 6.17. The number of nitrogens with one attached hydrogen (secondary N) is 2. The maximum atomic E-state index is 12.1. The van der Waals surface area contributed by atoms with Crippen LogP contribution in [-0.4, -0.2) is 24.0 Å². The van der Waals surface area contributed by atoms with Crippen LogP contribution in [0, 0.1) is 11.3 Å². The van der Waals surface area contributed by atoms with Gasteiger partial charge in [-0.1, -0.05) is 34.6 Å². The van der Waals surface area contributed by atoms with Crippen LogP contribution in [0.4, 0.5) is 5.82 Å². The molecular formula is C16H27N3O. The van der Waals surface area contributed by atoms with E-state index in [4.69, 9.17) is 0 Å². The predicted molar refractivity (Wildman–Crippen MR) is 84.0 cm³/mol. The summed E-state index contributed by atoms with van der Waals surface area (Å²) in [7, 11) is 0. The molecule has 0 aromatic carbocycles. The summed E-state index contributed by atoms with van der Waals surface area (Å²) in [6, 6.07) is 3.65. The first-order valence-corrected chi connectivity index (χ1v) is 7.35. The maximum absolute atomic E-state index is 12.1. The molecule has 1 aromatic heterocycles. The molecule has 0 bridgehead atoms. The first-order valence-electron chi connectivity index (χ1n) is 7.35. The van der Waals surface area contributed by atoms with E-state index in [0.717, 1.165) is 18.8 Å². The lowest BCUT2D eigenvalue weighted by Gasteiger charge is -2.29. The van der Waals surface area contributed by atoms with E-state index in [9.17, 15) is 4.79 Å². The Morgan fingerprint density at radius 1 is 1.35 bits per heavy atom. The molecule has 112 valence electrons. The Kier molecular flexibility index (Phi) is 5.99. The van der Waals surface area contributed by atoms with E-state index in [0.29, 0.717) is 18.0 Å². The van der Waals surface area contributed by atoms with Gasteiger partial charge in [0.1, 0.15) is 5.82 Å². The third-order valence-electron chi connectivity index (χ3n) is 3.85. The highest BCUT2D eigenvalue weighted by atomic mass is 16.1. The van der Waals surface area contributed by atoms with E-state index >= 15 is 0 Å². The van der Waals surface area contributed by atoms with Crippen molar-refractivity contribution in [3.63, 3.8) is 0 Å². The molecule has 0 aliphatic carbocycles. The number of nitrogens with zero attached hydrogens (tertiary/aromatic N) is 1. The molecule has 1 heterocycles. The lowest BCUT2D eigenvalue weighted by molar-refractivity contribution is 0.0924. The highest BCUT2D eigenvalue weighted by Crippen LogP contribution is 2.24. The zero-order chi connectivity index (χ0) is 15.2. The number of aromatic nitrogens is 1. The summed E-state index contributed by atoms with van der Waals surface area (Å²) in [5.41, 5.74) is 0.692. The second-order valence-corrected chi connectivity index (χ2v) is 6.18. The van der Waals surface area contributed by atoms with Crippen LogP contribution in [0.1, 0.15) is 51.4 Å². The fourth-order valence-electron chi connectivity index (χ4n) is 1.50. The van der Waals surface area contributed by atoms with E-state index in [1.165, 1.54) is 0 Å². The van der Waals surface area contributed by atoms with Gasteiger partial charge < -0.3 is 10.6 Å². The molecule has 4 nitrogen and oxygen atoms in total. The van der Waals surface area contributed by atoms with Crippen molar-refractivity contribution in [3.8, 4) is 0 Å². The van der Waals surface area contributed by atoms with Crippen molar-refractivity contribution in [2.75, 3.05) is 18.4 Å². The third kappa shape index (κ3) is 4.83. The van der Waals surface area contributed by atoms with Crippen LogP contribution in [0.25, 0.3) is 0 Å². The van der Waals surface area contributed by atoms with Gasteiger partial charge in [-0.15, -0.1) is 0 Å². The number of rotatable bonds is 7. The standard InChI is InChI=1S/C16H27N3O/c1-6-9-17-14-8-7-13(10-18-14)15(20)19-11-16(4,5)12(2)3/h7-8,10,12H,6,9,11H2,1-5H3,(H,17,18)(H,19,20). The lowest BCUT2D eigenvalue weighted by atomic mass is 9.81. The minimum absolute atomic E-state index is 0.0618. The molecule has 1 amide bonds. The highest BCUT2D eigenvalue weighted by Gasteiger charge is 2.23. The van der Waals surface area contributed by atoms with E-state index in [1.807, 2.05) is 12.1 Å². The Morgan fingerprint density at radius 2 is 2.05 bits per heavy atom. The fraction of sp³-hybridized carbons (Fsp3) is 0.625. The molecule has 0 radical (unpaired) electrons. The first kappa shape index (κ1) is 16.5. The summed E-state index contributed by atoms with van der Waals surface area (Å²) >= 11 is 0. The number of carbonyl (C=O) groups excluding carboxylic acids is 1. The van der Waals surface area contributed by atoms with Crippen LogP contribution >= 0.6 is 0 Å². The van der Waals surface area contributed by atoms with Gasteiger partial charge in [0.15, 0.2) is 0 Å².